The number of anilines is 1. The Morgan fingerprint density at radius 3 is 2.43 bits per heavy atom. The molecule has 35 heavy (non-hydrogen) atoms. The Morgan fingerprint density at radius 1 is 1.09 bits per heavy atom. The number of nitrogen functional groups attached to an aromatic ring is 1. The summed E-state index contributed by atoms with van der Waals surface area (Å²) in [5.41, 5.74) is 9.68. The van der Waals surface area contributed by atoms with Gasteiger partial charge in [-0.25, -0.2) is 15.0 Å². The van der Waals surface area contributed by atoms with Gasteiger partial charge in [-0.3, -0.25) is 13.9 Å². The fourth-order valence-electron chi connectivity index (χ4n) is 5.39. The monoisotopic (exact) mass is 495 g/mol. The minimum Gasteiger partial charge on any atom is -0.368 e. The molecule has 4 heterocycles. The molecule has 0 spiro atoms. The molecular formula is C25H33N7O2S. The molecule has 1 unspecified atom stereocenters. The number of imidazole rings is 1. The van der Waals surface area contributed by atoms with E-state index in [1.165, 1.54) is 0 Å². The van der Waals surface area contributed by atoms with Gasteiger partial charge >= 0.3 is 0 Å². The fourth-order valence-corrected chi connectivity index (χ4v) is 6.14. The average molecular weight is 496 g/mol. The molecule has 2 N–H and O–H groups in total. The summed E-state index contributed by atoms with van der Waals surface area (Å²) >= 11 is 0. The first-order valence-electron chi connectivity index (χ1n) is 12.3. The molecule has 0 aliphatic carbocycles. The van der Waals surface area contributed by atoms with Crippen LogP contribution in [0.5, 0.6) is 0 Å². The third-order valence-corrected chi connectivity index (χ3v) is 8.08. The van der Waals surface area contributed by atoms with Crippen molar-refractivity contribution in [2.45, 2.75) is 50.4 Å². The first-order valence-corrected chi connectivity index (χ1v) is 13.8. The maximum Gasteiger partial charge on any atom is 0.225 e. The number of nitrogens with two attached hydrogens (primary N) is 1. The summed E-state index contributed by atoms with van der Waals surface area (Å²) < 4.78 is 14.6. The first-order chi connectivity index (χ1) is 16.9. The van der Waals surface area contributed by atoms with Crippen LogP contribution in [-0.2, 0) is 22.1 Å². The quantitative estimate of drug-likeness (QED) is 0.579. The van der Waals surface area contributed by atoms with Crippen molar-refractivity contribution in [3.63, 3.8) is 0 Å². The number of fused-ring (bicyclic) bond motifs is 1. The average Bonchev–Trinajstić information content (AvgIpc) is 3.24. The van der Waals surface area contributed by atoms with Gasteiger partial charge in [0.25, 0.3) is 0 Å². The molecule has 186 valence electrons. The lowest BCUT2D eigenvalue weighted by atomic mass is 9.93. The largest absolute Gasteiger partial charge is 0.368 e. The van der Waals surface area contributed by atoms with E-state index >= 15 is 0 Å². The van der Waals surface area contributed by atoms with Crippen molar-refractivity contribution in [1.82, 2.24) is 29.3 Å². The number of amides is 1. The number of benzene rings is 1. The molecule has 3 aromatic rings. The highest BCUT2D eigenvalue weighted by molar-refractivity contribution is 7.84. The number of carbonyl (C=O) groups is 1. The maximum absolute atomic E-state index is 13.3. The summed E-state index contributed by atoms with van der Waals surface area (Å²) in [5.74, 6) is 0.655. The van der Waals surface area contributed by atoms with E-state index in [9.17, 15) is 9.00 Å². The summed E-state index contributed by atoms with van der Waals surface area (Å²) in [6, 6.07) is 6.41. The second kappa shape index (κ2) is 10.0. The third-order valence-electron chi connectivity index (χ3n) is 7.28. The van der Waals surface area contributed by atoms with Crippen LogP contribution in [0.1, 0.15) is 42.9 Å². The van der Waals surface area contributed by atoms with Crippen LogP contribution >= 0.6 is 0 Å². The number of carbonyl (C=O) groups excluding carboxylic acids is 1. The SMILES string of the molecule is Cc1ccc2c(c1)nc(S(C)=O)n2C1CCN(C(=O)C2CCN(Cc3cnc(N)nc3)CC2)CC1. The molecule has 9 nitrogen and oxygen atoms in total. The van der Waals surface area contributed by atoms with Gasteiger partial charge in [0.1, 0.15) is 0 Å². The summed E-state index contributed by atoms with van der Waals surface area (Å²) in [6.07, 6.45) is 8.69. The zero-order valence-corrected chi connectivity index (χ0v) is 21.2. The van der Waals surface area contributed by atoms with Gasteiger partial charge in [0.2, 0.25) is 11.9 Å². The highest BCUT2D eigenvalue weighted by Gasteiger charge is 2.32. The molecule has 1 aromatic carbocycles. The van der Waals surface area contributed by atoms with E-state index in [0.717, 1.165) is 80.6 Å². The summed E-state index contributed by atoms with van der Waals surface area (Å²) in [6.45, 7) is 6.07. The third kappa shape index (κ3) is 5.08. The molecule has 2 aliphatic heterocycles. The van der Waals surface area contributed by atoms with Crippen LogP contribution in [0.15, 0.2) is 35.7 Å². The van der Waals surface area contributed by atoms with Crippen LogP contribution in [0.25, 0.3) is 11.0 Å². The molecule has 1 atom stereocenters. The van der Waals surface area contributed by atoms with Crippen LogP contribution in [-0.4, -0.2) is 71.9 Å². The molecule has 0 radical (unpaired) electrons. The van der Waals surface area contributed by atoms with Gasteiger partial charge in [0, 0.05) is 55.8 Å². The van der Waals surface area contributed by atoms with Gasteiger partial charge in [0.15, 0.2) is 5.16 Å². The van der Waals surface area contributed by atoms with Gasteiger partial charge in [-0.05, 0) is 63.4 Å². The predicted octanol–water partition coefficient (Wildman–Crippen LogP) is 2.53. The number of rotatable bonds is 5. The Morgan fingerprint density at radius 2 is 1.77 bits per heavy atom. The number of hydrogen-bond donors (Lipinski definition) is 1. The summed E-state index contributed by atoms with van der Waals surface area (Å²) in [7, 11) is -1.17. The topological polar surface area (TPSA) is 110 Å². The number of likely N-dealkylation sites (tertiary alicyclic amines) is 2. The van der Waals surface area contributed by atoms with Crippen molar-refractivity contribution in [3.8, 4) is 0 Å². The molecule has 2 aromatic heterocycles. The number of aromatic nitrogens is 4. The van der Waals surface area contributed by atoms with Crippen molar-refractivity contribution in [1.29, 1.82) is 0 Å². The van der Waals surface area contributed by atoms with E-state index in [0.29, 0.717) is 5.16 Å². The van der Waals surface area contributed by atoms with E-state index in [1.54, 1.807) is 18.6 Å². The predicted molar refractivity (Wildman–Crippen MR) is 136 cm³/mol. The lowest BCUT2D eigenvalue weighted by Gasteiger charge is -2.38. The lowest BCUT2D eigenvalue weighted by Crippen LogP contribution is -2.45. The number of piperidine rings is 2. The Kier molecular flexibility index (Phi) is 6.84. The van der Waals surface area contributed by atoms with E-state index in [4.69, 9.17) is 5.73 Å². The highest BCUT2D eigenvalue weighted by atomic mass is 32.2. The molecular weight excluding hydrogens is 462 g/mol. The molecule has 5 rings (SSSR count). The minimum atomic E-state index is -1.17. The normalized spacial score (nSPS) is 19.3. The second-order valence-corrected chi connectivity index (χ2v) is 11.0. The van der Waals surface area contributed by atoms with Crippen molar-refractivity contribution < 1.29 is 9.00 Å². The molecule has 2 aliphatic rings. The zero-order chi connectivity index (χ0) is 24.5. The summed E-state index contributed by atoms with van der Waals surface area (Å²) in [5, 5.41) is 0.634. The van der Waals surface area contributed by atoms with Gasteiger partial charge < -0.3 is 15.2 Å². The van der Waals surface area contributed by atoms with Crippen LogP contribution < -0.4 is 5.73 Å². The van der Waals surface area contributed by atoms with Crippen molar-refractivity contribution in [2.75, 3.05) is 38.2 Å². The number of nitrogens with zero attached hydrogens (tertiary/aromatic N) is 6. The van der Waals surface area contributed by atoms with Crippen molar-refractivity contribution >= 4 is 33.7 Å². The number of aryl methyl sites for hydroxylation is 1. The molecule has 0 bridgehead atoms. The maximum atomic E-state index is 13.3. The van der Waals surface area contributed by atoms with Crippen LogP contribution in [0.2, 0.25) is 0 Å². The van der Waals surface area contributed by atoms with Gasteiger partial charge in [-0.15, -0.1) is 0 Å². The molecule has 1 amide bonds. The smallest absolute Gasteiger partial charge is 0.225 e. The number of hydrogen-bond acceptors (Lipinski definition) is 7. The summed E-state index contributed by atoms with van der Waals surface area (Å²) in [4.78, 5) is 30.5. The minimum absolute atomic E-state index is 0.0845. The van der Waals surface area contributed by atoms with E-state index in [1.807, 2.05) is 17.9 Å². The van der Waals surface area contributed by atoms with E-state index in [-0.39, 0.29) is 23.8 Å². The standard InChI is InChI=1S/C25H33N7O2S/c1-17-3-4-22-21(13-17)29-25(35(2)34)32(22)20-7-11-31(12-8-20)23(33)19-5-9-30(10-6-19)16-18-14-27-24(26)28-15-18/h3-4,13-15,19-20H,5-12,16H2,1-2H3,(H2,26,27,28). The zero-order valence-electron chi connectivity index (χ0n) is 20.4. The molecule has 2 saturated heterocycles. The van der Waals surface area contributed by atoms with Crippen LogP contribution in [0.4, 0.5) is 5.95 Å². The Bertz CT molecular complexity index is 1230. The van der Waals surface area contributed by atoms with E-state index in [2.05, 4.69) is 36.6 Å². The van der Waals surface area contributed by atoms with Gasteiger partial charge in [-0.2, -0.15) is 0 Å². The highest BCUT2D eigenvalue weighted by Crippen LogP contribution is 2.32. The van der Waals surface area contributed by atoms with E-state index < -0.39 is 10.8 Å². The van der Waals surface area contributed by atoms with Crippen LogP contribution in [0, 0.1) is 12.8 Å². The van der Waals surface area contributed by atoms with Crippen molar-refractivity contribution in [2.24, 2.45) is 5.92 Å². The molecule has 2 fully saturated rings. The first kappa shape index (κ1) is 23.9. The molecule has 10 heteroatoms. The van der Waals surface area contributed by atoms with Crippen molar-refractivity contribution in [3.05, 3.63) is 41.7 Å². The van der Waals surface area contributed by atoms with Crippen LogP contribution in [0.3, 0.4) is 0 Å². The molecule has 0 saturated carbocycles. The van der Waals surface area contributed by atoms with Gasteiger partial charge in [0.05, 0.1) is 21.8 Å². The fraction of sp³-hybridized carbons (Fsp3) is 0.520. The lowest BCUT2D eigenvalue weighted by molar-refractivity contribution is -0.138. The Hall–Kier alpha value is -2.85. The Labute approximate surface area is 208 Å². The Balaban J connectivity index is 1.18. The second-order valence-electron chi connectivity index (χ2n) is 9.77. The van der Waals surface area contributed by atoms with Gasteiger partial charge in [-0.1, -0.05) is 6.07 Å².